The minimum Gasteiger partial charge on any atom is -0.508 e. The largest absolute Gasteiger partial charge is 0.508 e. The number of hydrogen-bond acceptors (Lipinski definition) is 2. The molecule has 1 fully saturated rings. The van der Waals surface area contributed by atoms with Gasteiger partial charge < -0.3 is 10.2 Å². The number of aliphatic hydroxyl groups is 1. The Morgan fingerprint density at radius 1 is 1.08 bits per heavy atom. The zero-order valence-electron chi connectivity index (χ0n) is 15.6. The Morgan fingerprint density at radius 2 is 1.80 bits per heavy atom. The maximum atomic E-state index is 10.2. The molecular formula is C23H28O2. The molecule has 1 saturated carbocycles. The van der Waals surface area contributed by atoms with Crippen molar-refractivity contribution in [3.63, 3.8) is 0 Å². The standard InChI is InChI=1S/C23H28O2/c1-6-21(4)14-23(19-10-8-16(25)12-22(19,21)5)13-20(2,3)18-11-15(24)7-9-17(18)23/h6-12,19,24-25H,1,13-14H2,2-5H3. The molecule has 3 aliphatic carbocycles. The van der Waals surface area contributed by atoms with Crippen LogP contribution in [0.25, 0.3) is 0 Å². The minimum absolute atomic E-state index is 0.00206. The topological polar surface area (TPSA) is 40.5 Å². The van der Waals surface area contributed by atoms with Gasteiger partial charge in [0.15, 0.2) is 0 Å². The molecule has 3 aliphatic rings. The first-order chi connectivity index (χ1) is 11.6. The van der Waals surface area contributed by atoms with Crippen LogP contribution in [0.15, 0.2) is 54.8 Å². The number of hydrogen-bond donors (Lipinski definition) is 2. The predicted molar refractivity (Wildman–Crippen MR) is 102 cm³/mol. The highest BCUT2D eigenvalue weighted by molar-refractivity contribution is 5.53. The number of aliphatic hydroxyl groups excluding tert-OH is 1. The number of allylic oxidation sites excluding steroid dienone is 4. The molecule has 0 heterocycles. The smallest absolute Gasteiger partial charge is 0.115 e. The quantitative estimate of drug-likeness (QED) is 0.661. The summed E-state index contributed by atoms with van der Waals surface area (Å²) in [4.78, 5) is 0. The fourth-order valence-electron chi connectivity index (χ4n) is 6.31. The van der Waals surface area contributed by atoms with Crippen LogP contribution in [-0.2, 0) is 10.8 Å². The van der Waals surface area contributed by atoms with Crippen molar-refractivity contribution in [2.24, 2.45) is 16.7 Å². The number of fused-ring (bicyclic) bond motifs is 4. The summed E-state index contributed by atoms with van der Waals surface area (Å²) >= 11 is 0. The van der Waals surface area contributed by atoms with Crippen LogP contribution in [0.1, 0.15) is 51.7 Å². The van der Waals surface area contributed by atoms with Gasteiger partial charge in [0, 0.05) is 10.8 Å². The van der Waals surface area contributed by atoms with Crippen LogP contribution in [-0.4, -0.2) is 10.2 Å². The Morgan fingerprint density at radius 3 is 2.48 bits per heavy atom. The summed E-state index contributed by atoms with van der Waals surface area (Å²) in [6.45, 7) is 13.3. The SMILES string of the molecule is C=CC1(C)CC2(CC(C)(C)c3cc(O)ccc32)C2C=CC(O)=CC21C. The lowest BCUT2D eigenvalue weighted by atomic mass is 9.61. The van der Waals surface area contributed by atoms with Gasteiger partial charge >= 0.3 is 0 Å². The third-order valence-corrected chi connectivity index (χ3v) is 7.54. The molecule has 0 radical (unpaired) electrons. The molecule has 0 aromatic heterocycles. The van der Waals surface area contributed by atoms with Crippen LogP contribution >= 0.6 is 0 Å². The van der Waals surface area contributed by atoms with Crippen molar-refractivity contribution in [3.8, 4) is 5.75 Å². The van der Waals surface area contributed by atoms with Crippen molar-refractivity contribution in [1.82, 2.24) is 0 Å². The van der Waals surface area contributed by atoms with Crippen molar-refractivity contribution >= 4 is 0 Å². The van der Waals surface area contributed by atoms with Gasteiger partial charge in [-0.25, -0.2) is 0 Å². The molecule has 4 unspecified atom stereocenters. The van der Waals surface area contributed by atoms with Gasteiger partial charge in [-0.2, -0.15) is 0 Å². The van der Waals surface area contributed by atoms with Gasteiger partial charge in [0.1, 0.15) is 11.5 Å². The van der Waals surface area contributed by atoms with Crippen molar-refractivity contribution in [2.75, 3.05) is 0 Å². The summed E-state index contributed by atoms with van der Waals surface area (Å²) in [6, 6.07) is 5.90. The lowest BCUT2D eigenvalue weighted by Crippen LogP contribution is -2.38. The van der Waals surface area contributed by atoms with E-state index >= 15 is 0 Å². The monoisotopic (exact) mass is 336 g/mol. The average Bonchev–Trinajstić information content (AvgIpc) is 2.85. The normalized spacial score (nSPS) is 40.6. The molecule has 0 aliphatic heterocycles. The fraction of sp³-hybridized carbons (Fsp3) is 0.478. The van der Waals surface area contributed by atoms with Crippen molar-refractivity contribution in [3.05, 3.63) is 66.0 Å². The average molecular weight is 336 g/mol. The molecule has 2 N–H and O–H groups in total. The Balaban J connectivity index is 1.99. The van der Waals surface area contributed by atoms with Gasteiger partial charge in [-0.05, 0) is 65.0 Å². The van der Waals surface area contributed by atoms with E-state index in [0.717, 1.165) is 12.8 Å². The highest BCUT2D eigenvalue weighted by atomic mass is 16.3. The molecule has 1 spiro atoms. The molecule has 4 rings (SSSR count). The third-order valence-electron chi connectivity index (χ3n) is 7.54. The van der Waals surface area contributed by atoms with Crippen LogP contribution in [0, 0.1) is 16.7 Å². The molecule has 132 valence electrons. The van der Waals surface area contributed by atoms with Crippen molar-refractivity contribution in [2.45, 2.75) is 51.4 Å². The molecule has 0 amide bonds. The number of rotatable bonds is 1. The molecule has 25 heavy (non-hydrogen) atoms. The van der Waals surface area contributed by atoms with Gasteiger partial charge in [0.25, 0.3) is 0 Å². The molecule has 2 heteroatoms. The number of aromatic hydroxyl groups is 1. The van der Waals surface area contributed by atoms with Gasteiger partial charge in [-0.1, -0.05) is 45.9 Å². The van der Waals surface area contributed by atoms with E-state index in [9.17, 15) is 10.2 Å². The highest BCUT2D eigenvalue weighted by Crippen LogP contribution is 2.72. The van der Waals surface area contributed by atoms with Crippen molar-refractivity contribution < 1.29 is 10.2 Å². The molecule has 4 atom stereocenters. The minimum atomic E-state index is -0.177. The molecule has 1 aromatic carbocycles. The molecule has 0 bridgehead atoms. The maximum absolute atomic E-state index is 10.2. The first-order valence-corrected chi connectivity index (χ1v) is 9.16. The van der Waals surface area contributed by atoms with Gasteiger partial charge in [0.2, 0.25) is 0 Å². The second kappa shape index (κ2) is 4.60. The van der Waals surface area contributed by atoms with Gasteiger partial charge in [-0.3, -0.25) is 0 Å². The molecule has 2 nitrogen and oxygen atoms in total. The Kier molecular flexibility index (Phi) is 3.04. The lowest BCUT2D eigenvalue weighted by molar-refractivity contribution is 0.178. The maximum Gasteiger partial charge on any atom is 0.115 e. The summed E-state index contributed by atoms with van der Waals surface area (Å²) < 4.78 is 0. The van der Waals surface area contributed by atoms with E-state index in [0.29, 0.717) is 17.4 Å². The van der Waals surface area contributed by atoms with Crippen LogP contribution in [0.2, 0.25) is 0 Å². The van der Waals surface area contributed by atoms with Crippen LogP contribution in [0.4, 0.5) is 0 Å². The zero-order valence-corrected chi connectivity index (χ0v) is 15.6. The summed E-state index contributed by atoms with van der Waals surface area (Å²) in [6.07, 6.45) is 10.2. The van der Waals surface area contributed by atoms with Crippen LogP contribution in [0.3, 0.4) is 0 Å². The van der Waals surface area contributed by atoms with E-state index in [2.05, 4.69) is 52.5 Å². The van der Waals surface area contributed by atoms with E-state index in [-0.39, 0.29) is 21.7 Å². The Labute approximate surface area is 150 Å². The predicted octanol–water partition coefficient (Wildman–Crippen LogP) is 5.54. The van der Waals surface area contributed by atoms with Gasteiger partial charge in [0.05, 0.1) is 0 Å². The Hall–Kier alpha value is -1.96. The van der Waals surface area contributed by atoms with Crippen molar-refractivity contribution in [1.29, 1.82) is 0 Å². The van der Waals surface area contributed by atoms with Crippen LogP contribution < -0.4 is 0 Å². The summed E-state index contributed by atoms with van der Waals surface area (Å²) in [5, 5.41) is 20.3. The van der Waals surface area contributed by atoms with E-state index < -0.39 is 0 Å². The highest BCUT2D eigenvalue weighted by Gasteiger charge is 2.67. The lowest BCUT2D eigenvalue weighted by Gasteiger charge is -2.43. The molecule has 1 aromatic rings. The van der Waals surface area contributed by atoms with E-state index in [1.54, 1.807) is 0 Å². The molecular weight excluding hydrogens is 308 g/mol. The first kappa shape index (κ1) is 16.5. The number of phenols is 1. The van der Waals surface area contributed by atoms with E-state index in [4.69, 9.17) is 0 Å². The Bertz CT molecular complexity index is 830. The zero-order chi connectivity index (χ0) is 18.3. The van der Waals surface area contributed by atoms with E-state index in [1.165, 1.54) is 11.1 Å². The number of benzene rings is 1. The summed E-state index contributed by atoms with van der Waals surface area (Å²) in [7, 11) is 0. The fourth-order valence-corrected chi connectivity index (χ4v) is 6.31. The second-order valence-electron chi connectivity index (χ2n) is 9.43. The third kappa shape index (κ3) is 1.86. The summed E-state index contributed by atoms with van der Waals surface area (Å²) in [5.74, 6) is 0.990. The van der Waals surface area contributed by atoms with E-state index in [1.807, 2.05) is 24.3 Å². The number of phenolic OH excluding ortho intramolecular Hbond substituents is 1. The second-order valence-corrected chi connectivity index (χ2v) is 9.43. The van der Waals surface area contributed by atoms with Gasteiger partial charge in [-0.15, -0.1) is 6.58 Å². The van der Waals surface area contributed by atoms with Crippen LogP contribution in [0.5, 0.6) is 5.75 Å². The molecule has 0 saturated heterocycles. The summed E-state index contributed by atoms with van der Waals surface area (Å²) in [5.41, 5.74) is 2.35. The first-order valence-electron chi connectivity index (χ1n) is 9.16.